The number of halogens is 1. The number of nitrogens with one attached hydrogen (secondary N) is 1. The number of esters is 1. The maximum atomic E-state index is 12.2. The van der Waals surface area contributed by atoms with Crippen molar-refractivity contribution in [2.75, 3.05) is 6.61 Å². The Labute approximate surface area is 156 Å². The zero-order valence-electron chi connectivity index (χ0n) is 14.3. The highest BCUT2D eigenvalue weighted by Gasteiger charge is 2.32. The van der Waals surface area contributed by atoms with Crippen LogP contribution in [0.4, 0.5) is 0 Å². The summed E-state index contributed by atoms with van der Waals surface area (Å²) in [6, 6.07) is 14.7. The third-order valence-electron chi connectivity index (χ3n) is 3.30. The average molecular weight is 376 g/mol. The molecule has 0 atom stereocenters. The van der Waals surface area contributed by atoms with Gasteiger partial charge in [-0.2, -0.15) is 0 Å². The molecular weight excluding hydrogens is 358 g/mol. The maximum absolute atomic E-state index is 12.2. The summed E-state index contributed by atoms with van der Waals surface area (Å²) in [6.07, 6.45) is 0. The van der Waals surface area contributed by atoms with E-state index >= 15 is 0 Å². The van der Waals surface area contributed by atoms with E-state index in [0.29, 0.717) is 16.3 Å². The van der Waals surface area contributed by atoms with Gasteiger partial charge in [0.2, 0.25) is 0 Å². The lowest BCUT2D eigenvalue weighted by Gasteiger charge is -2.24. The molecule has 0 radical (unpaired) electrons. The van der Waals surface area contributed by atoms with Crippen molar-refractivity contribution >= 4 is 29.4 Å². The van der Waals surface area contributed by atoms with Crippen LogP contribution in [0.25, 0.3) is 0 Å². The minimum absolute atomic E-state index is 0.332. The van der Waals surface area contributed by atoms with Crippen molar-refractivity contribution in [1.29, 1.82) is 0 Å². The lowest BCUT2D eigenvalue weighted by Crippen LogP contribution is -2.42. The minimum atomic E-state index is -1.32. The van der Waals surface area contributed by atoms with Crippen molar-refractivity contribution in [3.8, 4) is 5.75 Å². The van der Waals surface area contributed by atoms with Crippen LogP contribution in [-0.2, 0) is 14.3 Å². The first-order valence-electron chi connectivity index (χ1n) is 7.79. The first-order valence-corrected chi connectivity index (χ1v) is 8.17. The van der Waals surface area contributed by atoms with Crippen LogP contribution in [0, 0.1) is 0 Å². The van der Waals surface area contributed by atoms with E-state index in [1.807, 2.05) is 0 Å². The van der Waals surface area contributed by atoms with Crippen molar-refractivity contribution in [2.24, 2.45) is 0 Å². The number of hydrogen-bond acceptors (Lipinski definition) is 5. The van der Waals surface area contributed by atoms with E-state index in [2.05, 4.69) is 5.32 Å². The lowest BCUT2D eigenvalue weighted by molar-refractivity contribution is -0.161. The van der Waals surface area contributed by atoms with Crippen LogP contribution in [0.2, 0.25) is 5.02 Å². The summed E-state index contributed by atoms with van der Waals surface area (Å²) in [7, 11) is 0. The van der Waals surface area contributed by atoms with Crippen LogP contribution in [0.3, 0.4) is 0 Å². The second kappa shape index (κ2) is 8.49. The van der Waals surface area contributed by atoms with Crippen molar-refractivity contribution in [3.63, 3.8) is 0 Å². The highest BCUT2D eigenvalue weighted by Crippen LogP contribution is 2.21. The van der Waals surface area contributed by atoms with Crippen LogP contribution in [0.5, 0.6) is 5.75 Å². The van der Waals surface area contributed by atoms with Gasteiger partial charge in [-0.25, -0.2) is 4.79 Å². The quantitative estimate of drug-likeness (QED) is 0.785. The molecule has 0 aliphatic carbocycles. The molecule has 0 aliphatic rings. The van der Waals surface area contributed by atoms with E-state index in [-0.39, 0.29) is 0 Å². The largest absolute Gasteiger partial charge is 0.476 e. The second-order valence-corrected chi connectivity index (χ2v) is 6.32. The number of rotatable bonds is 6. The zero-order valence-corrected chi connectivity index (χ0v) is 15.1. The summed E-state index contributed by atoms with van der Waals surface area (Å²) in [4.78, 5) is 35.8. The zero-order chi connectivity index (χ0) is 19.2. The molecule has 0 saturated carbocycles. The number of carbonyl (C=O) groups is 3. The number of carbonyl (C=O) groups excluding carboxylic acids is 3. The van der Waals surface area contributed by atoms with Crippen LogP contribution in [0.15, 0.2) is 54.6 Å². The Balaban J connectivity index is 1.85. The minimum Gasteiger partial charge on any atom is -0.476 e. The molecule has 2 aromatic carbocycles. The van der Waals surface area contributed by atoms with Gasteiger partial charge in [-0.05, 0) is 50.2 Å². The van der Waals surface area contributed by atoms with E-state index in [0.717, 1.165) is 0 Å². The summed E-state index contributed by atoms with van der Waals surface area (Å²) < 4.78 is 10.5. The normalized spacial score (nSPS) is 10.7. The predicted molar refractivity (Wildman–Crippen MR) is 96.0 cm³/mol. The van der Waals surface area contributed by atoms with Gasteiger partial charge in [0, 0.05) is 10.6 Å². The van der Waals surface area contributed by atoms with Gasteiger partial charge in [-0.3, -0.25) is 14.9 Å². The molecule has 2 rings (SSSR count). The smallest absolute Gasteiger partial charge is 0.350 e. The molecule has 1 N–H and O–H groups in total. The van der Waals surface area contributed by atoms with Gasteiger partial charge < -0.3 is 9.47 Å². The number of hydrogen-bond donors (Lipinski definition) is 1. The molecule has 2 amide bonds. The molecular formula is C19H18ClNO5. The van der Waals surface area contributed by atoms with Crippen molar-refractivity contribution < 1.29 is 23.9 Å². The third-order valence-corrected chi connectivity index (χ3v) is 3.55. The topological polar surface area (TPSA) is 81.7 Å². The SMILES string of the molecule is CC(C)(Oc1ccc(Cl)cc1)C(=O)OCC(=O)NC(=O)c1ccccc1. The van der Waals surface area contributed by atoms with Gasteiger partial charge in [0.05, 0.1) is 0 Å². The Bertz CT molecular complexity index is 787. The standard InChI is InChI=1S/C19H18ClNO5/c1-19(2,26-15-10-8-14(20)9-11-15)18(24)25-12-16(22)21-17(23)13-6-4-3-5-7-13/h3-11H,12H2,1-2H3,(H,21,22,23). The Morgan fingerprint density at radius 2 is 1.62 bits per heavy atom. The van der Waals surface area contributed by atoms with Crippen LogP contribution in [0.1, 0.15) is 24.2 Å². The fraction of sp³-hybridized carbons (Fsp3) is 0.211. The molecule has 0 aliphatic heterocycles. The average Bonchev–Trinajstić information content (AvgIpc) is 2.62. The van der Waals surface area contributed by atoms with Gasteiger partial charge in [-0.15, -0.1) is 0 Å². The molecule has 136 valence electrons. The summed E-state index contributed by atoms with van der Waals surface area (Å²) in [5, 5.41) is 2.69. The molecule has 0 bridgehead atoms. The molecule has 0 heterocycles. The Hall–Kier alpha value is -2.86. The Morgan fingerprint density at radius 3 is 2.23 bits per heavy atom. The number of benzene rings is 2. The van der Waals surface area contributed by atoms with E-state index in [9.17, 15) is 14.4 Å². The number of imide groups is 1. The number of ether oxygens (including phenoxy) is 2. The van der Waals surface area contributed by atoms with E-state index in [1.54, 1.807) is 54.6 Å². The van der Waals surface area contributed by atoms with Crippen molar-refractivity contribution in [3.05, 3.63) is 65.2 Å². The van der Waals surface area contributed by atoms with Crippen molar-refractivity contribution in [2.45, 2.75) is 19.4 Å². The van der Waals surface area contributed by atoms with Gasteiger partial charge >= 0.3 is 5.97 Å². The summed E-state index contributed by atoms with van der Waals surface area (Å²) >= 11 is 5.80. The predicted octanol–water partition coefficient (Wildman–Crippen LogP) is 3.00. The fourth-order valence-electron chi connectivity index (χ4n) is 1.97. The molecule has 0 fully saturated rings. The molecule has 2 aromatic rings. The molecule has 0 aromatic heterocycles. The molecule has 7 heteroatoms. The van der Waals surface area contributed by atoms with Crippen LogP contribution in [-0.4, -0.2) is 30.0 Å². The lowest BCUT2D eigenvalue weighted by atomic mass is 10.1. The van der Waals surface area contributed by atoms with Crippen LogP contribution >= 0.6 is 11.6 Å². The first kappa shape index (κ1) is 19.5. The van der Waals surface area contributed by atoms with Gasteiger partial charge in [0.1, 0.15) is 5.75 Å². The second-order valence-electron chi connectivity index (χ2n) is 5.89. The number of amides is 2. The Kier molecular flexibility index (Phi) is 6.36. The van der Waals surface area contributed by atoms with Gasteiger partial charge in [-0.1, -0.05) is 29.8 Å². The van der Waals surface area contributed by atoms with E-state index in [1.165, 1.54) is 13.8 Å². The van der Waals surface area contributed by atoms with E-state index < -0.39 is 30.0 Å². The monoisotopic (exact) mass is 375 g/mol. The fourth-order valence-corrected chi connectivity index (χ4v) is 2.09. The first-order chi connectivity index (χ1) is 12.3. The molecule has 6 nitrogen and oxygen atoms in total. The summed E-state index contributed by atoms with van der Waals surface area (Å²) in [5.74, 6) is -1.60. The van der Waals surface area contributed by atoms with Gasteiger partial charge in [0.15, 0.2) is 12.2 Å². The summed E-state index contributed by atoms with van der Waals surface area (Å²) in [5.41, 5.74) is -0.990. The highest BCUT2D eigenvalue weighted by molar-refractivity contribution is 6.30. The molecule has 0 unspecified atom stereocenters. The molecule has 26 heavy (non-hydrogen) atoms. The third kappa shape index (κ3) is 5.60. The summed E-state index contributed by atoms with van der Waals surface area (Å²) in [6.45, 7) is 2.43. The van der Waals surface area contributed by atoms with Crippen molar-refractivity contribution in [1.82, 2.24) is 5.32 Å². The van der Waals surface area contributed by atoms with Crippen LogP contribution < -0.4 is 10.1 Å². The van der Waals surface area contributed by atoms with E-state index in [4.69, 9.17) is 21.1 Å². The Morgan fingerprint density at radius 1 is 1.00 bits per heavy atom. The highest BCUT2D eigenvalue weighted by atomic mass is 35.5. The maximum Gasteiger partial charge on any atom is 0.350 e. The molecule has 0 saturated heterocycles. The van der Waals surface area contributed by atoms with Gasteiger partial charge in [0.25, 0.3) is 11.8 Å². The molecule has 0 spiro atoms.